The number of amides is 1. The maximum atomic E-state index is 11.9. The summed E-state index contributed by atoms with van der Waals surface area (Å²) in [5.74, 6) is 0.923. The molecule has 86 valence electrons. The van der Waals surface area contributed by atoms with Gasteiger partial charge in [0.15, 0.2) is 0 Å². The van der Waals surface area contributed by atoms with Crippen LogP contribution in [0.25, 0.3) is 0 Å². The average molecular weight is 220 g/mol. The van der Waals surface area contributed by atoms with Crippen LogP contribution in [0.3, 0.4) is 0 Å². The van der Waals surface area contributed by atoms with Crippen molar-refractivity contribution in [3.05, 3.63) is 18.2 Å². The number of nitrogens with two attached hydrogens (primary N) is 1. The van der Waals surface area contributed by atoms with Crippen LogP contribution in [0, 0.1) is 5.92 Å². The molecule has 1 aromatic carbocycles. The largest absolute Gasteiger partial charge is 0.495 e. The summed E-state index contributed by atoms with van der Waals surface area (Å²) in [6.45, 7) is 2.68. The van der Waals surface area contributed by atoms with Gasteiger partial charge in [0.2, 0.25) is 5.91 Å². The predicted molar refractivity (Wildman–Crippen MR) is 63.5 cm³/mol. The molecule has 4 heteroatoms. The number of hydrogen-bond donors (Lipinski definition) is 1. The molecule has 16 heavy (non-hydrogen) atoms. The zero-order valence-electron chi connectivity index (χ0n) is 9.56. The quantitative estimate of drug-likeness (QED) is 0.771. The van der Waals surface area contributed by atoms with Gasteiger partial charge in [-0.15, -0.1) is 0 Å². The van der Waals surface area contributed by atoms with E-state index in [0.29, 0.717) is 11.4 Å². The molecule has 0 aromatic heterocycles. The van der Waals surface area contributed by atoms with Crippen molar-refractivity contribution in [3.63, 3.8) is 0 Å². The molecule has 0 spiro atoms. The van der Waals surface area contributed by atoms with E-state index in [4.69, 9.17) is 10.5 Å². The van der Waals surface area contributed by atoms with Gasteiger partial charge in [0.25, 0.3) is 0 Å². The van der Waals surface area contributed by atoms with Crippen LogP contribution in [0.4, 0.5) is 11.4 Å². The molecule has 2 rings (SSSR count). The van der Waals surface area contributed by atoms with Crippen molar-refractivity contribution >= 4 is 17.3 Å². The number of carbonyl (C=O) groups is 1. The van der Waals surface area contributed by atoms with Gasteiger partial charge in [-0.3, -0.25) is 4.79 Å². The molecule has 1 amide bonds. The molecular formula is C12H16N2O2. The Morgan fingerprint density at radius 1 is 1.50 bits per heavy atom. The molecule has 1 fully saturated rings. The van der Waals surface area contributed by atoms with Crippen LogP contribution >= 0.6 is 0 Å². The minimum absolute atomic E-state index is 0.0890. The summed E-state index contributed by atoms with van der Waals surface area (Å²) >= 11 is 0. The van der Waals surface area contributed by atoms with E-state index in [2.05, 4.69) is 0 Å². The first-order valence-electron chi connectivity index (χ1n) is 5.38. The standard InChI is InChI=1S/C12H16N2O2/c1-8-5-6-14(12(8)15)10-7-9(13)3-4-11(10)16-2/h3-4,7-8H,5-6,13H2,1-2H3. The van der Waals surface area contributed by atoms with Crippen molar-refractivity contribution in [1.82, 2.24) is 0 Å². The Balaban J connectivity index is 2.39. The third kappa shape index (κ3) is 1.71. The fourth-order valence-corrected chi connectivity index (χ4v) is 1.98. The Hall–Kier alpha value is -1.71. The number of ether oxygens (including phenoxy) is 1. The minimum Gasteiger partial charge on any atom is -0.495 e. The zero-order valence-corrected chi connectivity index (χ0v) is 9.56. The molecule has 1 aromatic rings. The summed E-state index contributed by atoms with van der Waals surface area (Å²) in [6.07, 6.45) is 0.886. The van der Waals surface area contributed by atoms with Gasteiger partial charge in [-0.1, -0.05) is 6.92 Å². The molecule has 1 aliphatic heterocycles. The van der Waals surface area contributed by atoms with Crippen molar-refractivity contribution in [2.75, 3.05) is 24.3 Å². The van der Waals surface area contributed by atoms with Gasteiger partial charge in [0, 0.05) is 18.2 Å². The van der Waals surface area contributed by atoms with Crippen LogP contribution in [-0.2, 0) is 4.79 Å². The summed E-state index contributed by atoms with van der Waals surface area (Å²) in [4.78, 5) is 13.7. The summed E-state index contributed by atoms with van der Waals surface area (Å²) in [7, 11) is 1.60. The molecule has 0 radical (unpaired) electrons. The van der Waals surface area contributed by atoms with Gasteiger partial charge in [0.1, 0.15) is 5.75 Å². The van der Waals surface area contributed by atoms with E-state index in [0.717, 1.165) is 18.7 Å². The van der Waals surface area contributed by atoms with E-state index in [1.165, 1.54) is 0 Å². The normalized spacial score (nSPS) is 20.2. The maximum Gasteiger partial charge on any atom is 0.229 e. The van der Waals surface area contributed by atoms with Crippen LogP contribution in [-0.4, -0.2) is 19.6 Å². The van der Waals surface area contributed by atoms with Gasteiger partial charge in [-0.2, -0.15) is 0 Å². The van der Waals surface area contributed by atoms with E-state index < -0.39 is 0 Å². The number of methoxy groups -OCH3 is 1. The van der Waals surface area contributed by atoms with Crippen molar-refractivity contribution in [3.8, 4) is 5.75 Å². The number of hydrogen-bond acceptors (Lipinski definition) is 3. The second kappa shape index (κ2) is 4.04. The number of carbonyl (C=O) groups excluding carboxylic acids is 1. The Kier molecular flexibility index (Phi) is 2.73. The Morgan fingerprint density at radius 3 is 2.81 bits per heavy atom. The van der Waals surface area contributed by atoms with Crippen molar-refractivity contribution in [2.45, 2.75) is 13.3 Å². The lowest BCUT2D eigenvalue weighted by Gasteiger charge is -2.19. The van der Waals surface area contributed by atoms with Crippen LogP contribution in [0.5, 0.6) is 5.75 Å². The number of rotatable bonds is 2. The average Bonchev–Trinajstić information content (AvgIpc) is 2.60. The first-order chi connectivity index (χ1) is 7.63. The zero-order chi connectivity index (χ0) is 11.7. The highest BCUT2D eigenvalue weighted by Gasteiger charge is 2.30. The van der Waals surface area contributed by atoms with Crippen LogP contribution in [0.15, 0.2) is 18.2 Å². The fourth-order valence-electron chi connectivity index (χ4n) is 1.98. The molecule has 4 nitrogen and oxygen atoms in total. The Morgan fingerprint density at radius 2 is 2.25 bits per heavy atom. The smallest absolute Gasteiger partial charge is 0.229 e. The van der Waals surface area contributed by atoms with Gasteiger partial charge < -0.3 is 15.4 Å². The van der Waals surface area contributed by atoms with E-state index in [1.807, 2.05) is 6.92 Å². The lowest BCUT2D eigenvalue weighted by molar-refractivity contribution is -0.119. The molecule has 1 unspecified atom stereocenters. The van der Waals surface area contributed by atoms with Gasteiger partial charge >= 0.3 is 0 Å². The van der Waals surface area contributed by atoms with Crippen molar-refractivity contribution < 1.29 is 9.53 Å². The molecule has 1 aliphatic rings. The van der Waals surface area contributed by atoms with Gasteiger partial charge in [-0.05, 0) is 24.6 Å². The van der Waals surface area contributed by atoms with E-state index >= 15 is 0 Å². The molecule has 2 N–H and O–H groups in total. The van der Waals surface area contributed by atoms with Crippen LogP contribution in [0.1, 0.15) is 13.3 Å². The van der Waals surface area contributed by atoms with Crippen molar-refractivity contribution in [1.29, 1.82) is 0 Å². The highest BCUT2D eigenvalue weighted by molar-refractivity contribution is 5.98. The summed E-state index contributed by atoms with van der Waals surface area (Å²) in [5, 5.41) is 0. The fraction of sp³-hybridized carbons (Fsp3) is 0.417. The lowest BCUT2D eigenvalue weighted by atomic mass is 10.1. The first-order valence-corrected chi connectivity index (χ1v) is 5.38. The molecule has 1 heterocycles. The monoisotopic (exact) mass is 220 g/mol. The molecule has 1 saturated heterocycles. The van der Waals surface area contributed by atoms with Crippen LogP contribution in [0.2, 0.25) is 0 Å². The first kappa shape index (κ1) is 10.8. The molecular weight excluding hydrogens is 204 g/mol. The van der Waals surface area contributed by atoms with Gasteiger partial charge in [0.05, 0.1) is 12.8 Å². The minimum atomic E-state index is 0.0890. The van der Waals surface area contributed by atoms with Crippen molar-refractivity contribution in [2.24, 2.45) is 5.92 Å². The molecule has 0 aliphatic carbocycles. The SMILES string of the molecule is COc1ccc(N)cc1N1CCC(C)C1=O. The van der Waals surface area contributed by atoms with E-state index in [9.17, 15) is 4.79 Å². The summed E-state index contributed by atoms with van der Waals surface area (Å²) < 4.78 is 5.25. The molecule has 1 atom stereocenters. The summed E-state index contributed by atoms with van der Waals surface area (Å²) in [6, 6.07) is 5.35. The van der Waals surface area contributed by atoms with E-state index in [1.54, 1.807) is 30.2 Å². The topological polar surface area (TPSA) is 55.6 Å². The molecule has 0 saturated carbocycles. The third-order valence-corrected chi connectivity index (χ3v) is 2.97. The number of nitrogens with zero attached hydrogens (tertiary/aromatic N) is 1. The van der Waals surface area contributed by atoms with Crippen LogP contribution < -0.4 is 15.4 Å². The molecule has 0 bridgehead atoms. The van der Waals surface area contributed by atoms with Gasteiger partial charge in [-0.25, -0.2) is 0 Å². The lowest BCUT2D eigenvalue weighted by Crippen LogP contribution is -2.26. The summed E-state index contributed by atoms with van der Waals surface area (Å²) in [5.41, 5.74) is 7.15. The number of anilines is 2. The predicted octanol–water partition coefficient (Wildman–Crippen LogP) is 1.65. The second-order valence-corrected chi connectivity index (χ2v) is 4.11. The number of nitrogen functional groups attached to an aromatic ring is 1. The number of benzene rings is 1. The Bertz CT molecular complexity index is 417. The maximum absolute atomic E-state index is 11.9. The highest BCUT2D eigenvalue weighted by Crippen LogP contribution is 2.34. The second-order valence-electron chi connectivity index (χ2n) is 4.11. The highest BCUT2D eigenvalue weighted by atomic mass is 16.5. The Labute approximate surface area is 95.0 Å². The third-order valence-electron chi connectivity index (χ3n) is 2.97. The van der Waals surface area contributed by atoms with E-state index in [-0.39, 0.29) is 11.8 Å².